The predicted octanol–water partition coefficient (Wildman–Crippen LogP) is 2.55. The number of rotatable bonds is 4. The maximum Gasteiger partial charge on any atom is 0.0954 e. The molecule has 0 radical (unpaired) electrons. The van der Waals surface area contributed by atoms with Gasteiger partial charge in [-0.3, -0.25) is 5.84 Å². The highest BCUT2D eigenvalue weighted by Gasteiger charge is 2.12. The van der Waals surface area contributed by atoms with Crippen molar-refractivity contribution in [3.8, 4) is 0 Å². The lowest BCUT2D eigenvalue weighted by Crippen LogP contribution is -2.28. The first kappa shape index (κ1) is 11.3. The van der Waals surface area contributed by atoms with Crippen LogP contribution in [0.15, 0.2) is 52.2 Å². The molecule has 1 aromatic carbocycles. The van der Waals surface area contributed by atoms with Crippen LogP contribution in [0.5, 0.6) is 0 Å². The summed E-state index contributed by atoms with van der Waals surface area (Å²) >= 11 is 1.72. The van der Waals surface area contributed by atoms with Crippen LogP contribution < -0.4 is 11.3 Å². The molecular formula is C12H14N2OS. The molecule has 0 fully saturated rings. The molecule has 1 heterocycles. The second kappa shape index (κ2) is 5.21. The number of hydrogen-bond acceptors (Lipinski definition) is 4. The van der Waals surface area contributed by atoms with Gasteiger partial charge in [-0.25, -0.2) is 5.43 Å². The van der Waals surface area contributed by atoms with Crippen molar-refractivity contribution in [3.05, 3.63) is 54.0 Å². The van der Waals surface area contributed by atoms with Crippen LogP contribution in [-0.4, -0.2) is 6.26 Å². The Morgan fingerprint density at radius 3 is 2.44 bits per heavy atom. The van der Waals surface area contributed by atoms with E-state index in [2.05, 4.69) is 35.9 Å². The summed E-state index contributed by atoms with van der Waals surface area (Å²) in [7, 11) is 0. The van der Waals surface area contributed by atoms with Crippen LogP contribution in [0.1, 0.15) is 17.2 Å². The number of nitrogens with one attached hydrogen (secondary N) is 1. The molecular weight excluding hydrogens is 220 g/mol. The molecule has 3 N–H and O–H groups in total. The van der Waals surface area contributed by atoms with Gasteiger partial charge in [0, 0.05) is 10.5 Å². The van der Waals surface area contributed by atoms with Crippen molar-refractivity contribution in [2.24, 2.45) is 5.84 Å². The fraction of sp³-hybridized carbons (Fsp3) is 0.167. The molecule has 1 aromatic heterocycles. The van der Waals surface area contributed by atoms with Gasteiger partial charge in [-0.1, -0.05) is 12.1 Å². The molecule has 16 heavy (non-hydrogen) atoms. The SMILES string of the molecule is CSc1ccc(C(NN)c2ccoc2)cc1. The largest absolute Gasteiger partial charge is 0.472 e. The van der Waals surface area contributed by atoms with Crippen LogP contribution in [0.4, 0.5) is 0 Å². The van der Waals surface area contributed by atoms with Gasteiger partial charge in [0.15, 0.2) is 0 Å². The van der Waals surface area contributed by atoms with Gasteiger partial charge in [0.1, 0.15) is 0 Å². The van der Waals surface area contributed by atoms with Crippen molar-refractivity contribution in [3.63, 3.8) is 0 Å². The Balaban J connectivity index is 2.27. The lowest BCUT2D eigenvalue weighted by Gasteiger charge is -2.14. The first-order chi connectivity index (χ1) is 7.85. The number of benzene rings is 1. The Labute approximate surface area is 99.0 Å². The van der Waals surface area contributed by atoms with E-state index in [1.54, 1.807) is 24.3 Å². The molecule has 3 nitrogen and oxygen atoms in total. The van der Waals surface area contributed by atoms with Crippen molar-refractivity contribution in [1.82, 2.24) is 5.43 Å². The average molecular weight is 234 g/mol. The summed E-state index contributed by atoms with van der Waals surface area (Å²) in [6.45, 7) is 0. The van der Waals surface area contributed by atoms with Crippen molar-refractivity contribution < 1.29 is 4.42 Å². The molecule has 0 aliphatic rings. The third kappa shape index (κ3) is 2.29. The van der Waals surface area contributed by atoms with Crippen molar-refractivity contribution >= 4 is 11.8 Å². The van der Waals surface area contributed by atoms with Gasteiger partial charge in [-0.2, -0.15) is 0 Å². The minimum absolute atomic E-state index is 0.0188. The molecule has 0 aliphatic carbocycles. The van der Waals surface area contributed by atoms with E-state index in [0.717, 1.165) is 11.1 Å². The molecule has 1 unspecified atom stereocenters. The summed E-state index contributed by atoms with van der Waals surface area (Å²) in [5, 5.41) is 0. The summed E-state index contributed by atoms with van der Waals surface area (Å²) in [5.41, 5.74) is 4.95. The van der Waals surface area contributed by atoms with Crippen LogP contribution in [0, 0.1) is 0 Å². The maximum absolute atomic E-state index is 5.57. The highest BCUT2D eigenvalue weighted by atomic mass is 32.2. The van der Waals surface area contributed by atoms with Gasteiger partial charge in [0.05, 0.1) is 18.6 Å². The van der Waals surface area contributed by atoms with Gasteiger partial charge in [-0.05, 0) is 30.0 Å². The molecule has 0 spiro atoms. The number of thioether (sulfide) groups is 1. The number of nitrogens with two attached hydrogens (primary N) is 1. The zero-order valence-corrected chi connectivity index (χ0v) is 9.83. The van der Waals surface area contributed by atoms with E-state index in [9.17, 15) is 0 Å². The molecule has 0 saturated heterocycles. The van der Waals surface area contributed by atoms with E-state index in [1.165, 1.54) is 4.90 Å². The van der Waals surface area contributed by atoms with E-state index in [4.69, 9.17) is 10.3 Å². The quantitative estimate of drug-likeness (QED) is 0.485. The molecule has 84 valence electrons. The van der Waals surface area contributed by atoms with E-state index >= 15 is 0 Å². The van der Waals surface area contributed by atoms with Crippen LogP contribution in [-0.2, 0) is 0 Å². The minimum Gasteiger partial charge on any atom is -0.472 e. The lowest BCUT2D eigenvalue weighted by atomic mass is 10.0. The Hall–Kier alpha value is -1.23. The molecule has 1 atom stereocenters. The van der Waals surface area contributed by atoms with Crippen LogP contribution in [0.25, 0.3) is 0 Å². The summed E-state index contributed by atoms with van der Waals surface area (Å²) in [6.07, 6.45) is 5.41. The van der Waals surface area contributed by atoms with Gasteiger partial charge in [0.25, 0.3) is 0 Å². The Kier molecular flexibility index (Phi) is 3.66. The molecule has 0 bridgehead atoms. The normalized spacial score (nSPS) is 12.6. The molecule has 4 heteroatoms. The van der Waals surface area contributed by atoms with Crippen molar-refractivity contribution in [2.45, 2.75) is 10.9 Å². The van der Waals surface area contributed by atoms with Gasteiger partial charge < -0.3 is 4.42 Å². The summed E-state index contributed by atoms with van der Waals surface area (Å²) in [6, 6.07) is 10.2. The standard InChI is InChI=1S/C12H14N2OS/c1-16-11-4-2-9(3-5-11)12(14-13)10-6-7-15-8-10/h2-8,12,14H,13H2,1H3. The molecule has 2 rings (SSSR count). The Morgan fingerprint density at radius 1 is 1.19 bits per heavy atom. The second-order valence-corrected chi connectivity index (χ2v) is 4.31. The first-order valence-corrected chi connectivity index (χ1v) is 6.20. The molecule has 2 aromatic rings. The van der Waals surface area contributed by atoms with Crippen molar-refractivity contribution in [2.75, 3.05) is 6.26 Å². The highest BCUT2D eigenvalue weighted by molar-refractivity contribution is 7.98. The monoisotopic (exact) mass is 234 g/mol. The fourth-order valence-electron chi connectivity index (χ4n) is 1.62. The van der Waals surface area contributed by atoms with Crippen LogP contribution in [0.2, 0.25) is 0 Å². The van der Waals surface area contributed by atoms with Crippen molar-refractivity contribution in [1.29, 1.82) is 0 Å². The topological polar surface area (TPSA) is 51.2 Å². The van der Waals surface area contributed by atoms with E-state index in [1.807, 2.05) is 6.07 Å². The number of hydrazine groups is 1. The average Bonchev–Trinajstić information content (AvgIpc) is 2.85. The number of furan rings is 1. The highest BCUT2D eigenvalue weighted by Crippen LogP contribution is 2.24. The summed E-state index contributed by atoms with van der Waals surface area (Å²) < 4.78 is 5.06. The first-order valence-electron chi connectivity index (χ1n) is 4.97. The second-order valence-electron chi connectivity index (χ2n) is 3.43. The zero-order chi connectivity index (χ0) is 11.4. The van der Waals surface area contributed by atoms with Gasteiger partial charge in [0.2, 0.25) is 0 Å². The smallest absolute Gasteiger partial charge is 0.0954 e. The molecule has 0 amide bonds. The fourth-order valence-corrected chi connectivity index (χ4v) is 2.03. The van der Waals surface area contributed by atoms with Gasteiger partial charge >= 0.3 is 0 Å². The zero-order valence-electron chi connectivity index (χ0n) is 9.01. The van der Waals surface area contributed by atoms with E-state index < -0.39 is 0 Å². The van der Waals surface area contributed by atoms with Gasteiger partial charge in [-0.15, -0.1) is 11.8 Å². The summed E-state index contributed by atoms with van der Waals surface area (Å²) in [5.74, 6) is 5.57. The maximum atomic E-state index is 5.57. The van der Waals surface area contributed by atoms with E-state index in [0.29, 0.717) is 0 Å². The van der Waals surface area contributed by atoms with E-state index in [-0.39, 0.29) is 6.04 Å². The lowest BCUT2D eigenvalue weighted by molar-refractivity contribution is 0.553. The third-order valence-electron chi connectivity index (χ3n) is 2.49. The Bertz CT molecular complexity index is 425. The van der Waals surface area contributed by atoms with Crippen LogP contribution >= 0.6 is 11.8 Å². The molecule has 0 aliphatic heterocycles. The minimum atomic E-state index is -0.0188. The summed E-state index contributed by atoms with van der Waals surface area (Å²) in [4.78, 5) is 1.24. The predicted molar refractivity (Wildman–Crippen MR) is 66.1 cm³/mol. The number of hydrogen-bond donors (Lipinski definition) is 2. The molecule has 0 saturated carbocycles. The third-order valence-corrected chi connectivity index (χ3v) is 3.24. The Morgan fingerprint density at radius 2 is 1.94 bits per heavy atom. The van der Waals surface area contributed by atoms with Crippen LogP contribution in [0.3, 0.4) is 0 Å².